The topological polar surface area (TPSA) is 67.5 Å². The lowest BCUT2D eigenvalue weighted by Gasteiger charge is -2.37. The highest BCUT2D eigenvalue weighted by molar-refractivity contribution is 5.47. The first-order valence-electron chi connectivity index (χ1n) is 7.30. The Bertz CT molecular complexity index is 430. The lowest BCUT2D eigenvalue weighted by molar-refractivity contribution is 0.128. The van der Waals surface area contributed by atoms with Crippen molar-refractivity contribution in [2.24, 2.45) is 0 Å². The van der Waals surface area contributed by atoms with Crippen LogP contribution in [0.4, 0.5) is 11.6 Å². The van der Waals surface area contributed by atoms with E-state index in [2.05, 4.69) is 33.6 Å². The van der Waals surface area contributed by atoms with E-state index in [-0.39, 0.29) is 0 Å². The van der Waals surface area contributed by atoms with Crippen molar-refractivity contribution in [2.45, 2.75) is 33.4 Å². The molecule has 1 aromatic heterocycles. The minimum Gasteiger partial charge on any atom is -0.384 e. The molecule has 20 heavy (non-hydrogen) atoms. The number of aromatic nitrogens is 2. The van der Waals surface area contributed by atoms with Crippen molar-refractivity contribution in [2.75, 3.05) is 43.4 Å². The second-order valence-electron chi connectivity index (χ2n) is 5.32. The van der Waals surface area contributed by atoms with Crippen LogP contribution in [0.2, 0.25) is 0 Å². The van der Waals surface area contributed by atoms with Gasteiger partial charge in [0.15, 0.2) is 5.82 Å². The first kappa shape index (κ1) is 15.0. The van der Waals surface area contributed by atoms with Crippen LogP contribution in [0.5, 0.6) is 0 Å². The SMILES string of the molecule is CCOCc1nc(N)cc(N2CCN(C(C)C)CC2)n1. The molecule has 1 aliphatic heterocycles. The molecular weight excluding hydrogens is 254 g/mol. The zero-order chi connectivity index (χ0) is 14.5. The summed E-state index contributed by atoms with van der Waals surface area (Å²) in [5.41, 5.74) is 5.87. The summed E-state index contributed by atoms with van der Waals surface area (Å²) in [7, 11) is 0. The molecule has 2 N–H and O–H groups in total. The molecule has 0 radical (unpaired) electrons. The smallest absolute Gasteiger partial charge is 0.158 e. The van der Waals surface area contributed by atoms with Gasteiger partial charge in [-0.2, -0.15) is 0 Å². The predicted octanol–water partition coefficient (Wildman–Crippen LogP) is 1.13. The van der Waals surface area contributed by atoms with Gasteiger partial charge in [0.25, 0.3) is 0 Å². The Balaban J connectivity index is 2.03. The van der Waals surface area contributed by atoms with E-state index < -0.39 is 0 Å². The fraction of sp³-hybridized carbons (Fsp3) is 0.714. The third-order valence-electron chi connectivity index (χ3n) is 3.58. The number of nitrogens with two attached hydrogens (primary N) is 1. The van der Waals surface area contributed by atoms with Gasteiger partial charge >= 0.3 is 0 Å². The zero-order valence-electron chi connectivity index (χ0n) is 12.7. The molecule has 2 rings (SSSR count). The second kappa shape index (κ2) is 6.85. The number of piperazine rings is 1. The van der Waals surface area contributed by atoms with Gasteiger partial charge in [0.05, 0.1) is 0 Å². The molecule has 6 nitrogen and oxygen atoms in total. The van der Waals surface area contributed by atoms with Crippen molar-refractivity contribution in [1.29, 1.82) is 0 Å². The van der Waals surface area contributed by atoms with E-state index in [1.54, 1.807) is 0 Å². The van der Waals surface area contributed by atoms with Gasteiger partial charge in [0.1, 0.15) is 18.2 Å². The maximum absolute atomic E-state index is 5.87. The fourth-order valence-electron chi connectivity index (χ4n) is 2.39. The summed E-state index contributed by atoms with van der Waals surface area (Å²) in [5.74, 6) is 2.08. The Hall–Kier alpha value is -1.40. The van der Waals surface area contributed by atoms with Crippen LogP contribution in [-0.4, -0.2) is 53.7 Å². The summed E-state index contributed by atoms with van der Waals surface area (Å²) < 4.78 is 5.36. The molecule has 1 fully saturated rings. The van der Waals surface area contributed by atoms with E-state index >= 15 is 0 Å². The van der Waals surface area contributed by atoms with Crippen LogP contribution in [0.15, 0.2) is 6.07 Å². The van der Waals surface area contributed by atoms with Crippen molar-refractivity contribution in [3.63, 3.8) is 0 Å². The normalized spacial score (nSPS) is 16.9. The van der Waals surface area contributed by atoms with Gasteiger partial charge in [-0.3, -0.25) is 4.90 Å². The van der Waals surface area contributed by atoms with E-state index in [0.717, 1.165) is 32.0 Å². The Labute approximate surface area is 120 Å². The average molecular weight is 279 g/mol. The number of rotatable bonds is 5. The largest absolute Gasteiger partial charge is 0.384 e. The van der Waals surface area contributed by atoms with Gasteiger partial charge in [-0.1, -0.05) is 0 Å². The molecule has 2 heterocycles. The van der Waals surface area contributed by atoms with E-state index in [4.69, 9.17) is 10.5 Å². The van der Waals surface area contributed by atoms with E-state index in [0.29, 0.717) is 30.9 Å². The molecule has 0 bridgehead atoms. The van der Waals surface area contributed by atoms with Crippen LogP contribution in [0, 0.1) is 0 Å². The summed E-state index contributed by atoms with van der Waals surface area (Å²) in [4.78, 5) is 13.5. The third kappa shape index (κ3) is 3.80. The number of nitrogen functional groups attached to an aromatic ring is 1. The Morgan fingerprint density at radius 3 is 2.55 bits per heavy atom. The van der Waals surface area contributed by atoms with Gasteiger partial charge in [-0.05, 0) is 20.8 Å². The second-order valence-corrected chi connectivity index (χ2v) is 5.32. The van der Waals surface area contributed by atoms with Crippen molar-refractivity contribution >= 4 is 11.6 Å². The fourth-order valence-corrected chi connectivity index (χ4v) is 2.39. The first-order valence-corrected chi connectivity index (χ1v) is 7.30. The zero-order valence-corrected chi connectivity index (χ0v) is 12.7. The quantitative estimate of drug-likeness (QED) is 0.871. The lowest BCUT2D eigenvalue weighted by atomic mass is 10.2. The lowest BCUT2D eigenvalue weighted by Crippen LogP contribution is -2.49. The maximum atomic E-state index is 5.87. The van der Waals surface area contributed by atoms with Crippen molar-refractivity contribution in [3.8, 4) is 0 Å². The molecule has 0 aromatic carbocycles. The average Bonchev–Trinajstić information content (AvgIpc) is 2.44. The highest BCUT2D eigenvalue weighted by atomic mass is 16.5. The molecule has 0 saturated carbocycles. The standard InChI is InChI=1S/C14H25N5O/c1-4-20-10-13-16-12(15)9-14(17-13)19-7-5-18(6-8-19)11(2)3/h9,11H,4-8,10H2,1-3H3,(H2,15,16,17). The van der Waals surface area contributed by atoms with Crippen molar-refractivity contribution in [1.82, 2.24) is 14.9 Å². The molecule has 112 valence electrons. The summed E-state index contributed by atoms with van der Waals surface area (Å²) in [6.45, 7) is 11.6. The Morgan fingerprint density at radius 2 is 1.95 bits per heavy atom. The van der Waals surface area contributed by atoms with Gasteiger partial charge in [0, 0.05) is 44.9 Å². The van der Waals surface area contributed by atoms with Gasteiger partial charge in [-0.15, -0.1) is 0 Å². The van der Waals surface area contributed by atoms with Crippen LogP contribution in [-0.2, 0) is 11.3 Å². The number of anilines is 2. The van der Waals surface area contributed by atoms with Gasteiger partial charge < -0.3 is 15.4 Å². The number of hydrogen-bond donors (Lipinski definition) is 1. The Kier molecular flexibility index (Phi) is 5.14. The van der Waals surface area contributed by atoms with E-state index in [9.17, 15) is 0 Å². The molecule has 0 amide bonds. The Morgan fingerprint density at radius 1 is 1.25 bits per heavy atom. The van der Waals surface area contributed by atoms with Gasteiger partial charge in [-0.25, -0.2) is 9.97 Å². The minimum atomic E-state index is 0.417. The highest BCUT2D eigenvalue weighted by Gasteiger charge is 2.20. The monoisotopic (exact) mass is 279 g/mol. The molecule has 6 heteroatoms. The summed E-state index contributed by atoms with van der Waals surface area (Å²) in [6, 6.07) is 2.45. The van der Waals surface area contributed by atoms with Gasteiger partial charge in [0.2, 0.25) is 0 Å². The molecule has 0 unspecified atom stereocenters. The molecule has 1 aliphatic rings. The number of hydrogen-bond acceptors (Lipinski definition) is 6. The van der Waals surface area contributed by atoms with E-state index in [1.165, 1.54) is 0 Å². The van der Waals surface area contributed by atoms with Crippen LogP contribution in [0.25, 0.3) is 0 Å². The minimum absolute atomic E-state index is 0.417. The van der Waals surface area contributed by atoms with Crippen LogP contribution in [0.3, 0.4) is 0 Å². The molecule has 1 aromatic rings. The maximum Gasteiger partial charge on any atom is 0.158 e. The molecular formula is C14H25N5O. The van der Waals surface area contributed by atoms with Crippen LogP contribution < -0.4 is 10.6 Å². The highest BCUT2D eigenvalue weighted by Crippen LogP contribution is 2.17. The molecule has 1 saturated heterocycles. The summed E-state index contributed by atoms with van der Waals surface area (Å²) in [6.07, 6.45) is 0. The van der Waals surface area contributed by atoms with Crippen LogP contribution in [0.1, 0.15) is 26.6 Å². The number of ether oxygens (including phenoxy) is 1. The third-order valence-corrected chi connectivity index (χ3v) is 3.58. The summed E-state index contributed by atoms with van der Waals surface area (Å²) in [5, 5.41) is 0. The van der Waals surface area contributed by atoms with Crippen molar-refractivity contribution < 1.29 is 4.74 Å². The molecule has 0 spiro atoms. The molecule has 0 atom stereocenters. The first-order chi connectivity index (χ1) is 9.60. The van der Waals surface area contributed by atoms with Crippen LogP contribution >= 0.6 is 0 Å². The predicted molar refractivity (Wildman–Crippen MR) is 80.7 cm³/mol. The molecule has 0 aliphatic carbocycles. The summed E-state index contributed by atoms with van der Waals surface area (Å²) >= 11 is 0. The van der Waals surface area contributed by atoms with E-state index in [1.807, 2.05) is 13.0 Å². The number of nitrogens with zero attached hydrogens (tertiary/aromatic N) is 4. The van der Waals surface area contributed by atoms with Crippen molar-refractivity contribution in [3.05, 3.63) is 11.9 Å².